The van der Waals surface area contributed by atoms with Crippen LogP contribution in [0.5, 0.6) is 0 Å². The van der Waals surface area contributed by atoms with Gasteiger partial charge in [-0.1, -0.05) is 0 Å². The highest BCUT2D eigenvalue weighted by molar-refractivity contribution is 5.76. The van der Waals surface area contributed by atoms with Gasteiger partial charge < -0.3 is 15.3 Å². The number of aliphatic carboxylic acids is 1. The lowest BCUT2D eigenvalue weighted by Crippen LogP contribution is -2.51. The SMILES string of the molecule is C#CCCNC(=O)N(CCC(=O)O)C(C)(C)C. The first-order chi connectivity index (χ1) is 7.79. The Morgan fingerprint density at radius 3 is 2.41 bits per heavy atom. The molecule has 0 heterocycles. The average molecular weight is 240 g/mol. The lowest BCUT2D eigenvalue weighted by Gasteiger charge is -2.35. The summed E-state index contributed by atoms with van der Waals surface area (Å²) in [7, 11) is 0. The number of carboxylic acids is 1. The number of terminal acetylenes is 1. The van der Waals surface area contributed by atoms with Gasteiger partial charge in [0.05, 0.1) is 6.42 Å². The second-order valence-corrected chi connectivity index (χ2v) is 4.65. The third kappa shape index (κ3) is 6.46. The molecule has 0 bridgehead atoms. The molecule has 2 N–H and O–H groups in total. The third-order valence-electron chi connectivity index (χ3n) is 2.15. The molecule has 0 aliphatic heterocycles. The summed E-state index contributed by atoms with van der Waals surface area (Å²) in [5.41, 5.74) is -0.421. The largest absolute Gasteiger partial charge is 0.481 e. The molecule has 96 valence electrons. The highest BCUT2D eigenvalue weighted by atomic mass is 16.4. The summed E-state index contributed by atoms with van der Waals surface area (Å²) in [4.78, 5) is 23.9. The van der Waals surface area contributed by atoms with E-state index >= 15 is 0 Å². The molecule has 0 fully saturated rings. The summed E-state index contributed by atoms with van der Waals surface area (Å²) in [5, 5.41) is 11.3. The van der Waals surface area contributed by atoms with Crippen LogP contribution in [0, 0.1) is 12.3 Å². The summed E-state index contributed by atoms with van der Waals surface area (Å²) in [6.45, 7) is 6.15. The van der Waals surface area contributed by atoms with Crippen molar-refractivity contribution in [2.45, 2.75) is 39.2 Å². The molecule has 17 heavy (non-hydrogen) atoms. The maximum atomic E-state index is 11.8. The number of carbonyl (C=O) groups is 2. The van der Waals surface area contributed by atoms with Gasteiger partial charge in [0.1, 0.15) is 0 Å². The Morgan fingerprint density at radius 1 is 1.41 bits per heavy atom. The lowest BCUT2D eigenvalue weighted by molar-refractivity contribution is -0.137. The molecular formula is C12H20N2O3. The third-order valence-corrected chi connectivity index (χ3v) is 2.15. The van der Waals surface area contributed by atoms with Crippen molar-refractivity contribution in [1.82, 2.24) is 10.2 Å². The molecule has 0 atom stereocenters. The second kappa shape index (κ2) is 6.79. The number of rotatable bonds is 5. The van der Waals surface area contributed by atoms with Crippen molar-refractivity contribution >= 4 is 12.0 Å². The lowest BCUT2D eigenvalue weighted by atomic mass is 10.1. The summed E-state index contributed by atoms with van der Waals surface area (Å²) in [6, 6.07) is -0.283. The Labute approximate surface area is 102 Å². The molecule has 0 aliphatic rings. The van der Waals surface area contributed by atoms with Crippen LogP contribution in [-0.2, 0) is 4.79 Å². The van der Waals surface area contributed by atoms with Gasteiger partial charge in [-0.05, 0) is 20.8 Å². The zero-order chi connectivity index (χ0) is 13.5. The van der Waals surface area contributed by atoms with Crippen LogP contribution in [0.1, 0.15) is 33.6 Å². The first-order valence-electron chi connectivity index (χ1n) is 5.49. The number of nitrogens with one attached hydrogen (secondary N) is 1. The van der Waals surface area contributed by atoms with Crippen molar-refractivity contribution in [3.8, 4) is 12.3 Å². The molecule has 0 unspecified atom stereocenters. The normalized spacial score (nSPS) is 10.5. The molecule has 0 aromatic rings. The van der Waals surface area contributed by atoms with Crippen LogP contribution < -0.4 is 5.32 Å². The van der Waals surface area contributed by atoms with E-state index in [0.717, 1.165) is 0 Å². The fraction of sp³-hybridized carbons (Fsp3) is 0.667. The molecule has 0 aliphatic carbocycles. The van der Waals surface area contributed by atoms with Crippen molar-refractivity contribution < 1.29 is 14.7 Å². The quantitative estimate of drug-likeness (QED) is 0.562. The minimum absolute atomic E-state index is 0.0696. The van der Waals surface area contributed by atoms with E-state index in [1.165, 1.54) is 4.90 Å². The van der Waals surface area contributed by atoms with E-state index in [9.17, 15) is 9.59 Å². The number of nitrogens with zero attached hydrogens (tertiary/aromatic N) is 1. The van der Waals surface area contributed by atoms with E-state index < -0.39 is 11.5 Å². The highest BCUT2D eigenvalue weighted by Crippen LogP contribution is 2.13. The molecule has 0 aromatic heterocycles. The first-order valence-corrected chi connectivity index (χ1v) is 5.49. The second-order valence-electron chi connectivity index (χ2n) is 4.65. The monoisotopic (exact) mass is 240 g/mol. The number of hydrogen-bond donors (Lipinski definition) is 2. The minimum atomic E-state index is -0.921. The van der Waals surface area contributed by atoms with Crippen LogP contribution in [0.4, 0.5) is 4.79 Å². The highest BCUT2D eigenvalue weighted by Gasteiger charge is 2.26. The number of carbonyl (C=O) groups excluding carboxylic acids is 1. The van der Waals surface area contributed by atoms with Crippen molar-refractivity contribution in [2.75, 3.05) is 13.1 Å². The Kier molecular flexibility index (Phi) is 6.11. The molecule has 0 rings (SSSR count). The van der Waals surface area contributed by atoms with Crippen LogP contribution in [0.25, 0.3) is 0 Å². The first kappa shape index (κ1) is 15.3. The summed E-state index contributed by atoms with van der Waals surface area (Å²) in [5.74, 6) is 1.50. The molecule has 0 saturated heterocycles. The van der Waals surface area contributed by atoms with Crippen LogP contribution >= 0.6 is 0 Å². The Balaban J connectivity index is 4.42. The standard InChI is InChI=1S/C12H20N2O3/c1-5-6-8-13-11(17)14(12(2,3)4)9-7-10(15)16/h1H,6-9H2,2-4H3,(H,13,17)(H,15,16). The molecule has 0 aromatic carbocycles. The Morgan fingerprint density at radius 2 is 2.00 bits per heavy atom. The van der Waals surface area contributed by atoms with E-state index in [1.807, 2.05) is 20.8 Å². The fourth-order valence-corrected chi connectivity index (χ4v) is 1.29. The van der Waals surface area contributed by atoms with Gasteiger partial charge in [-0.2, -0.15) is 0 Å². The molecule has 2 amide bonds. The predicted octanol–water partition coefficient (Wildman–Crippen LogP) is 1.29. The maximum absolute atomic E-state index is 11.8. The van der Waals surface area contributed by atoms with Crippen LogP contribution in [0.15, 0.2) is 0 Å². The van der Waals surface area contributed by atoms with E-state index in [4.69, 9.17) is 11.5 Å². The number of carboxylic acid groups (broad SMARTS) is 1. The van der Waals surface area contributed by atoms with E-state index in [0.29, 0.717) is 13.0 Å². The molecule has 5 nitrogen and oxygen atoms in total. The summed E-state index contributed by atoms with van der Waals surface area (Å²) in [6.07, 6.45) is 5.47. The zero-order valence-electron chi connectivity index (χ0n) is 10.6. The predicted molar refractivity (Wildman–Crippen MR) is 65.6 cm³/mol. The van der Waals surface area contributed by atoms with Crippen molar-refractivity contribution in [3.63, 3.8) is 0 Å². The van der Waals surface area contributed by atoms with Crippen molar-refractivity contribution in [2.24, 2.45) is 0 Å². The average Bonchev–Trinajstić information content (AvgIpc) is 2.15. The molecular weight excluding hydrogens is 220 g/mol. The maximum Gasteiger partial charge on any atom is 0.317 e. The van der Waals surface area contributed by atoms with Gasteiger partial charge in [-0.3, -0.25) is 4.79 Å². The van der Waals surface area contributed by atoms with Gasteiger partial charge >= 0.3 is 12.0 Å². The van der Waals surface area contributed by atoms with Crippen LogP contribution in [0.2, 0.25) is 0 Å². The van der Waals surface area contributed by atoms with Gasteiger partial charge in [0.15, 0.2) is 0 Å². The number of amides is 2. The zero-order valence-corrected chi connectivity index (χ0v) is 10.6. The Hall–Kier alpha value is -1.70. The van der Waals surface area contributed by atoms with Gasteiger partial charge in [0.25, 0.3) is 0 Å². The van der Waals surface area contributed by atoms with E-state index in [-0.39, 0.29) is 19.0 Å². The van der Waals surface area contributed by atoms with Gasteiger partial charge in [-0.25, -0.2) is 4.79 Å². The molecule has 0 spiro atoms. The van der Waals surface area contributed by atoms with E-state index in [2.05, 4.69) is 11.2 Å². The van der Waals surface area contributed by atoms with Gasteiger partial charge in [-0.15, -0.1) is 12.3 Å². The topological polar surface area (TPSA) is 69.6 Å². The summed E-state index contributed by atoms with van der Waals surface area (Å²) < 4.78 is 0. The molecule has 5 heteroatoms. The molecule has 0 radical (unpaired) electrons. The summed E-state index contributed by atoms with van der Waals surface area (Å²) >= 11 is 0. The molecule has 0 saturated carbocycles. The van der Waals surface area contributed by atoms with Crippen LogP contribution in [0.3, 0.4) is 0 Å². The van der Waals surface area contributed by atoms with Crippen molar-refractivity contribution in [1.29, 1.82) is 0 Å². The van der Waals surface area contributed by atoms with Crippen molar-refractivity contribution in [3.05, 3.63) is 0 Å². The Bertz CT molecular complexity index is 313. The number of hydrogen-bond acceptors (Lipinski definition) is 2. The smallest absolute Gasteiger partial charge is 0.317 e. The van der Waals surface area contributed by atoms with Gasteiger partial charge in [0.2, 0.25) is 0 Å². The minimum Gasteiger partial charge on any atom is -0.481 e. The number of urea groups is 1. The van der Waals surface area contributed by atoms with Crippen LogP contribution in [-0.4, -0.2) is 40.6 Å². The van der Waals surface area contributed by atoms with E-state index in [1.54, 1.807) is 0 Å². The fourth-order valence-electron chi connectivity index (χ4n) is 1.29. The van der Waals surface area contributed by atoms with Gasteiger partial charge in [0, 0.05) is 25.0 Å².